The largest absolute Gasteiger partial charge is 0.206 e. The predicted molar refractivity (Wildman–Crippen MR) is 73.6 cm³/mol. The first-order valence-corrected chi connectivity index (χ1v) is 6.43. The van der Waals surface area contributed by atoms with Crippen LogP contribution in [0.2, 0.25) is 0 Å². The van der Waals surface area contributed by atoms with Crippen LogP contribution in [-0.2, 0) is 0 Å². The summed E-state index contributed by atoms with van der Waals surface area (Å²) in [5, 5.41) is 0. The topological polar surface area (TPSA) is 0 Å². The van der Waals surface area contributed by atoms with E-state index in [2.05, 4.69) is 35.8 Å². The lowest BCUT2D eigenvalue weighted by molar-refractivity contribution is 0.630. The summed E-state index contributed by atoms with van der Waals surface area (Å²) in [6.07, 6.45) is 0. The van der Waals surface area contributed by atoms with Gasteiger partial charge in [-0.25, -0.2) is 4.39 Å². The van der Waals surface area contributed by atoms with E-state index >= 15 is 0 Å². The molecule has 0 radical (unpaired) electrons. The van der Waals surface area contributed by atoms with Crippen LogP contribution >= 0.6 is 15.9 Å². The van der Waals surface area contributed by atoms with E-state index in [9.17, 15) is 4.39 Å². The highest BCUT2D eigenvalue weighted by Crippen LogP contribution is 2.32. The Morgan fingerprint density at radius 1 is 1.06 bits per heavy atom. The summed E-state index contributed by atoms with van der Waals surface area (Å²) in [4.78, 5) is 0. The molecule has 0 aliphatic heterocycles. The molecule has 0 bridgehead atoms. The number of hydrogen-bond acceptors (Lipinski definition) is 0. The van der Waals surface area contributed by atoms with Crippen LogP contribution in [0.1, 0.15) is 25.3 Å². The van der Waals surface area contributed by atoms with Crippen LogP contribution in [0.5, 0.6) is 0 Å². The molecule has 0 aliphatic rings. The van der Waals surface area contributed by atoms with Crippen molar-refractivity contribution in [1.29, 1.82) is 0 Å². The minimum atomic E-state index is -0.194. The van der Waals surface area contributed by atoms with Gasteiger partial charge in [0.1, 0.15) is 5.82 Å². The molecule has 2 rings (SSSR count). The summed E-state index contributed by atoms with van der Waals surface area (Å²) in [6.45, 7) is 4.27. The van der Waals surface area contributed by atoms with Gasteiger partial charge in [-0.2, -0.15) is 0 Å². The molecule has 0 fully saturated rings. The molecule has 0 nitrogen and oxygen atoms in total. The lowest BCUT2D eigenvalue weighted by atomic mass is 9.97. The molecular formula is C15H14BrF. The van der Waals surface area contributed by atoms with Gasteiger partial charge in [-0.3, -0.25) is 0 Å². The third kappa shape index (κ3) is 2.58. The van der Waals surface area contributed by atoms with E-state index in [-0.39, 0.29) is 5.82 Å². The van der Waals surface area contributed by atoms with Crippen molar-refractivity contribution in [2.24, 2.45) is 0 Å². The number of benzene rings is 2. The van der Waals surface area contributed by atoms with E-state index in [4.69, 9.17) is 0 Å². The van der Waals surface area contributed by atoms with Crippen LogP contribution in [0, 0.1) is 5.82 Å². The zero-order valence-corrected chi connectivity index (χ0v) is 11.5. The van der Waals surface area contributed by atoms with Gasteiger partial charge in [0, 0.05) is 10.0 Å². The fourth-order valence-corrected chi connectivity index (χ4v) is 2.40. The van der Waals surface area contributed by atoms with Gasteiger partial charge in [-0.05, 0) is 29.2 Å². The Labute approximate surface area is 110 Å². The summed E-state index contributed by atoms with van der Waals surface area (Å²) < 4.78 is 14.6. The highest BCUT2D eigenvalue weighted by atomic mass is 79.9. The smallest absolute Gasteiger partial charge is 0.132 e. The predicted octanol–water partition coefficient (Wildman–Crippen LogP) is 5.38. The first-order chi connectivity index (χ1) is 8.09. The van der Waals surface area contributed by atoms with Gasteiger partial charge in [0.05, 0.1) is 0 Å². The molecule has 0 saturated heterocycles. The fourth-order valence-electron chi connectivity index (χ4n) is 1.83. The Balaban J connectivity index is 2.57. The summed E-state index contributed by atoms with van der Waals surface area (Å²) >= 11 is 3.41. The Hall–Kier alpha value is -1.15. The molecule has 2 aromatic carbocycles. The quantitative estimate of drug-likeness (QED) is 0.697. The normalized spacial score (nSPS) is 10.9. The van der Waals surface area contributed by atoms with Crippen LogP contribution < -0.4 is 0 Å². The second-order valence-electron chi connectivity index (χ2n) is 4.38. The molecule has 0 heterocycles. The zero-order chi connectivity index (χ0) is 12.4. The van der Waals surface area contributed by atoms with Crippen molar-refractivity contribution >= 4 is 15.9 Å². The van der Waals surface area contributed by atoms with Crippen molar-refractivity contribution in [2.45, 2.75) is 19.8 Å². The molecule has 0 amide bonds. The van der Waals surface area contributed by atoms with Gasteiger partial charge < -0.3 is 0 Å². The van der Waals surface area contributed by atoms with Gasteiger partial charge in [0.25, 0.3) is 0 Å². The minimum Gasteiger partial charge on any atom is -0.206 e. The summed E-state index contributed by atoms with van der Waals surface area (Å²) in [5.74, 6) is 0.251. The molecule has 0 saturated carbocycles. The van der Waals surface area contributed by atoms with E-state index in [1.54, 1.807) is 6.07 Å². The maximum atomic E-state index is 13.8. The second-order valence-corrected chi connectivity index (χ2v) is 5.23. The molecule has 2 aromatic rings. The van der Waals surface area contributed by atoms with E-state index in [0.717, 1.165) is 10.0 Å². The fraction of sp³-hybridized carbons (Fsp3) is 0.200. The molecule has 17 heavy (non-hydrogen) atoms. The number of hydrogen-bond donors (Lipinski definition) is 0. The van der Waals surface area contributed by atoms with E-state index in [1.165, 1.54) is 11.6 Å². The molecule has 0 spiro atoms. The monoisotopic (exact) mass is 292 g/mol. The summed E-state index contributed by atoms with van der Waals surface area (Å²) in [7, 11) is 0. The maximum Gasteiger partial charge on any atom is 0.132 e. The molecule has 0 N–H and O–H groups in total. The van der Waals surface area contributed by atoms with Crippen molar-refractivity contribution in [2.75, 3.05) is 0 Å². The average molecular weight is 293 g/mol. The van der Waals surface area contributed by atoms with Crippen LogP contribution in [0.25, 0.3) is 11.1 Å². The summed E-state index contributed by atoms with van der Waals surface area (Å²) in [5.41, 5.74) is 2.77. The SMILES string of the molecule is CC(C)c1cccc(-c2c(F)cccc2Br)c1. The van der Waals surface area contributed by atoms with Crippen molar-refractivity contribution in [3.63, 3.8) is 0 Å². The zero-order valence-electron chi connectivity index (χ0n) is 9.87. The van der Waals surface area contributed by atoms with Gasteiger partial charge >= 0.3 is 0 Å². The molecule has 2 heteroatoms. The van der Waals surface area contributed by atoms with Crippen LogP contribution in [0.15, 0.2) is 46.9 Å². The molecule has 0 atom stereocenters. The molecule has 0 aromatic heterocycles. The highest BCUT2D eigenvalue weighted by molar-refractivity contribution is 9.10. The van der Waals surface area contributed by atoms with E-state index in [1.807, 2.05) is 24.3 Å². The number of halogens is 2. The van der Waals surface area contributed by atoms with E-state index in [0.29, 0.717) is 11.5 Å². The third-order valence-electron chi connectivity index (χ3n) is 2.80. The molecule has 0 unspecified atom stereocenters. The molecule has 0 aliphatic carbocycles. The van der Waals surface area contributed by atoms with Gasteiger partial charge in [0.15, 0.2) is 0 Å². The van der Waals surface area contributed by atoms with Crippen molar-refractivity contribution in [3.8, 4) is 11.1 Å². The van der Waals surface area contributed by atoms with Crippen LogP contribution in [0.4, 0.5) is 4.39 Å². The van der Waals surface area contributed by atoms with Crippen molar-refractivity contribution in [1.82, 2.24) is 0 Å². The summed E-state index contributed by atoms with van der Waals surface area (Å²) in [6, 6.07) is 13.1. The first kappa shape index (κ1) is 12.3. The van der Waals surface area contributed by atoms with E-state index < -0.39 is 0 Å². The van der Waals surface area contributed by atoms with Gasteiger partial charge in [0.2, 0.25) is 0 Å². The first-order valence-electron chi connectivity index (χ1n) is 5.64. The standard InChI is InChI=1S/C15H14BrF/c1-10(2)11-5-3-6-12(9-11)15-13(16)7-4-8-14(15)17/h3-10H,1-2H3. The van der Waals surface area contributed by atoms with Gasteiger partial charge in [-0.15, -0.1) is 0 Å². The van der Waals surface area contributed by atoms with Gasteiger partial charge in [-0.1, -0.05) is 60.1 Å². The lowest BCUT2D eigenvalue weighted by Gasteiger charge is -2.10. The Morgan fingerprint density at radius 2 is 1.76 bits per heavy atom. The Kier molecular flexibility index (Phi) is 3.63. The average Bonchev–Trinajstić information content (AvgIpc) is 2.29. The Morgan fingerprint density at radius 3 is 2.41 bits per heavy atom. The number of rotatable bonds is 2. The lowest BCUT2D eigenvalue weighted by Crippen LogP contribution is -1.90. The Bertz CT molecular complexity index is 512. The molecule has 88 valence electrons. The van der Waals surface area contributed by atoms with Crippen LogP contribution in [-0.4, -0.2) is 0 Å². The third-order valence-corrected chi connectivity index (χ3v) is 3.47. The van der Waals surface area contributed by atoms with Crippen molar-refractivity contribution in [3.05, 3.63) is 58.3 Å². The second kappa shape index (κ2) is 5.01. The maximum absolute atomic E-state index is 13.8. The molecular weight excluding hydrogens is 279 g/mol. The highest BCUT2D eigenvalue weighted by Gasteiger charge is 2.10. The van der Waals surface area contributed by atoms with Crippen LogP contribution in [0.3, 0.4) is 0 Å². The minimum absolute atomic E-state index is 0.194. The van der Waals surface area contributed by atoms with Crippen molar-refractivity contribution < 1.29 is 4.39 Å².